The molecule has 0 saturated heterocycles. The summed E-state index contributed by atoms with van der Waals surface area (Å²) in [5, 5.41) is 5.58. The van der Waals surface area contributed by atoms with Gasteiger partial charge in [0.1, 0.15) is 11.5 Å². The maximum atomic E-state index is 12.3. The van der Waals surface area contributed by atoms with Gasteiger partial charge in [-0.15, -0.1) is 0 Å². The number of nitrogens with one attached hydrogen (secondary N) is 2. The molecule has 0 atom stereocenters. The van der Waals surface area contributed by atoms with E-state index in [4.69, 9.17) is 9.47 Å². The lowest BCUT2D eigenvalue weighted by Crippen LogP contribution is -2.20. The molecule has 2 amide bonds. The Hall–Kier alpha value is -3.80. The average molecular weight is 390 g/mol. The van der Waals surface area contributed by atoms with E-state index < -0.39 is 0 Å². The Labute approximate surface area is 169 Å². The first-order chi connectivity index (χ1) is 14.0. The number of rotatable bonds is 7. The molecule has 6 heteroatoms. The summed E-state index contributed by atoms with van der Waals surface area (Å²) >= 11 is 0. The predicted molar refractivity (Wildman–Crippen MR) is 113 cm³/mol. The molecule has 0 bridgehead atoms. The van der Waals surface area contributed by atoms with Crippen LogP contribution in [0, 0.1) is 6.92 Å². The van der Waals surface area contributed by atoms with Crippen molar-refractivity contribution < 1.29 is 19.1 Å². The Morgan fingerprint density at radius 1 is 0.759 bits per heavy atom. The summed E-state index contributed by atoms with van der Waals surface area (Å²) in [4.78, 5) is 24.3. The third-order valence-corrected chi connectivity index (χ3v) is 4.17. The molecule has 3 rings (SSSR count). The Balaban J connectivity index is 1.50. The zero-order valence-corrected chi connectivity index (χ0v) is 16.3. The number of hydrogen-bond donors (Lipinski definition) is 2. The number of benzene rings is 3. The van der Waals surface area contributed by atoms with Gasteiger partial charge in [-0.3, -0.25) is 9.59 Å². The van der Waals surface area contributed by atoms with E-state index >= 15 is 0 Å². The van der Waals surface area contributed by atoms with E-state index in [1.807, 2.05) is 31.2 Å². The molecule has 0 unspecified atom stereocenters. The first-order valence-electron chi connectivity index (χ1n) is 9.08. The predicted octanol–water partition coefficient (Wildman–Crippen LogP) is 4.27. The Bertz CT molecular complexity index is 965. The van der Waals surface area contributed by atoms with E-state index in [1.165, 1.54) is 0 Å². The first-order valence-corrected chi connectivity index (χ1v) is 9.08. The van der Waals surface area contributed by atoms with Gasteiger partial charge in [-0.25, -0.2) is 0 Å². The average Bonchev–Trinajstić information content (AvgIpc) is 2.75. The van der Waals surface area contributed by atoms with E-state index in [-0.39, 0.29) is 18.4 Å². The fourth-order valence-corrected chi connectivity index (χ4v) is 2.56. The van der Waals surface area contributed by atoms with Crippen LogP contribution in [0.1, 0.15) is 15.9 Å². The molecule has 6 nitrogen and oxygen atoms in total. The lowest BCUT2D eigenvalue weighted by molar-refractivity contribution is -0.118. The van der Waals surface area contributed by atoms with Gasteiger partial charge in [0.2, 0.25) is 0 Å². The molecule has 0 aliphatic carbocycles. The van der Waals surface area contributed by atoms with Crippen molar-refractivity contribution in [3.8, 4) is 11.5 Å². The summed E-state index contributed by atoms with van der Waals surface area (Å²) in [7, 11) is 1.59. The molecule has 0 fully saturated rings. The van der Waals surface area contributed by atoms with E-state index in [1.54, 1.807) is 55.6 Å². The second kappa shape index (κ2) is 9.41. The van der Waals surface area contributed by atoms with E-state index in [0.29, 0.717) is 17.0 Å². The van der Waals surface area contributed by atoms with Crippen molar-refractivity contribution in [3.05, 3.63) is 83.9 Å². The van der Waals surface area contributed by atoms with Crippen LogP contribution in [0.25, 0.3) is 0 Å². The van der Waals surface area contributed by atoms with Gasteiger partial charge in [-0.1, -0.05) is 17.7 Å². The van der Waals surface area contributed by atoms with Crippen molar-refractivity contribution in [2.45, 2.75) is 6.92 Å². The minimum absolute atomic E-state index is 0.120. The molecule has 0 aliphatic rings. The summed E-state index contributed by atoms with van der Waals surface area (Å²) in [6, 6.07) is 21.2. The lowest BCUT2D eigenvalue weighted by Gasteiger charge is -2.09. The van der Waals surface area contributed by atoms with Crippen LogP contribution in [-0.4, -0.2) is 25.5 Å². The largest absolute Gasteiger partial charge is 0.497 e. The molecular formula is C23H22N2O4. The minimum atomic E-state index is -0.254. The Morgan fingerprint density at radius 3 is 1.93 bits per heavy atom. The van der Waals surface area contributed by atoms with Crippen LogP contribution >= 0.6 is 0 Å². The van der Waals surface area contributed by atoms with Crippen molar-refractivity contribution in [1.82, 2.24) is 0 Å². The third-order valence-electron chi connectivity index (χ3n) is 4.17. The Kier molecular flexibility index (Phi) is 6.47. The van der Waals surface area contributed by atoms with Gasteiger partial charge >= 0.3 is 0 Å². The first kappa shape index (κ1) is 19.9. The minimum Gasteiger partial charge on any atom is -0.497 e. The van der Waals surface area contributed by atoms with Crippen molar-refractivity contribution in [2.24, 2.45) is 0 Å². The topological polar surface area (TPSA) is 76.7 Å². The highest BCUT2D eigenvalue weighted by molar-refractivity contribution is 6.04. The van der Waals surface area contributed by atoms with Crippen LogP contribution in [0.5, 0.6) is 11.5 Å². The molecule has 29 heavy (non-hydrogen) atoms. The van der Waals surface area contributed by atoms with Crippen molar-refractivity contribution in [3.63, 3.8) is 0 Å². The number of aryl methyl sites for hydroxylation is 1. The molecule has 2 N–H and O–H groups in total. The van der Waals surface area contributed by atoms with Gasteiger partial charge in [-0.05, 0) is 67.6 Å². The van der Waals surface area contributed by atoms with Crippen molar-refractivity contribution in [2.75, 3.05) is 24.4 Å². The van der Waals surface area contributed by atoms with E-state index in [2.05, 4.69) is 10.6 Å². The fourth-order valence-electron chi connectivity index (χ4n) is 2.56. The summed E-state index contributed by atoms with van der Waals surface area (Å²) in [5.74, 6) is 0.731. The SMILES string of the molecule is COc1ccc(NC(=O)c2ccc(OCC(=O)Nc3ccc(C)cc3)cc2)cc1. The van der Waals surface area contributed by atoms with Gasteiger partial charge in [-0.2, -0.15) is 0 Å². The third kappa shape index (κ3) is 5.84. The van der Waals surface area contributed by atoms with Crippen LogP contribution < -0.4 is 20.1 Å². The van der Waals surface area contributed by atoms with Crippen LogP contribution in [0.15, 0.2) is 72.8 Å². The zero-order valence-electron chi connectivity index (χ0n) is 16.3. The number of carbonyl (C=O) groups is 2. The highest BCUT2D eigenvalue weighted by atomic mass is 16.5. The summed E-state index contributed by atoms with van der Waals surface area (Å²) in [6.07, 6.45) is 0. The summed E-state index contributed by atoms with van der Waals surface area (Å²) in [5.41, 5.74) is 2.99. The van der Waals surface area contributed by atoms with Crippen LogP contribution in [0.2, 0.25) is 0 Å². The van der Waals surface area contributed by atoms with E-state index in [0.717, 1.165) is 17.0 Å². The highest BCUT2D eigenvalue weighted by Crippen LogP contribution is 2.17. The van der Waals surface area contributed by atoms with Crippen LogP contribution in [-0.2, 0) is 4.79 Å². The number of anilines is 2. The molecule has 0 spiro atoms. The highest BCUT2D eigenvalue weighted by Gasteiger charge is 2.08. The second-order valence-corrected chi connectivity index (χ2v) is 6.41. The molecule has 0 saturated carbocycles. The monoisotopic (exact) mass is 390 g/mol. The number of hydrogen-bond acceptors (Lipinski definition) is 4. The fraction of sp³-hybridized carbons (Fsp3) is 0.130. The van der Waals surface area contributed by atoms with Gasteiger partial charge in [0.25, 0.3) is 11.8 Å². The summed E-state index contributed by atoms with van der Waals surface area (Å²) in [6.45, 7) is 1.86. The quantitative estimate of drug-likeness (QED) is 0.632. The standard InChI is InChI=1S/C23H22N2O4/c1-16-3-7-18(8-4-16)24-22(26)15-29-21-11-5-17(6-12-21)23(27)25-19-9-13-20(28-2)14-10-19/h3-14H,15H2,1-2H3,(H,24,26)(H,25,27). The molecule has 3 aromatic rings. The molecule has 148 valence electrons. The molecule has 3 aromatic carbocycles. The van der Waals surface area contributed by atoms with E-state index in [9.17, 15) is 9.59 Å². The maximum Gasteiger partial charge on any atom is 0.262 e. The molecule has 0 aliphatic heterocycles. The normalized spacial score (nSPS) is 10.1. The number of carbonyl (C=O) groups excluding carboxylic acids is 2. The smallest absolute Gasteiger partial charge is 0.262 e. The van der Waals surface area contributed by atoms with Crippen LogP contribution in [0.3, 0.4) is 0 Å². The zero-order chi connectivity index (χ0) is 20.6. The summed E-state index contributed by atoms with van der Waals surface area (Å²) < 4.78 is 10.6. The molecular weight excluding hydrogens is 368 g/mol. The number of ether oxygens (including phenoxy) is 2. The van der Waals surface area contributed by atoms with Crippen molar-refractivity contribution in [1.29, 1.82) is 0 Å². The Morgan fingerprint density at radius 2 is 1.31 bits per heavy atom. The number of amides is 2. The van der Waals surface area contributed by atoms with Gasteiger partial charge in [0, 0.05) is 16.9 Å². The number of methoxy groups -OCH3 is 1. The van der Waals surface area contributed by atoms with Gasteiger partial charge < -0.3 is 20.1 Å². The van der Waals surface area contributed by atoms with Gasteiger partial charge in [0.05, 0.1) is 7.11 Å². The van der Waals surface area contributed by atoms with Gasteiger partial charge in [0.15, 0.2) is 6.61 Å². The second-order valence-electron chi connectivity index (χ2n) is 6.41. The molecule has 0 heterocycles. The van der Waals surface area contributed by atoms with Crippen molar-refractivity contribution >= 4 is 23.2 Å². The maximum absolute atomic E-state index is 12.3. The molecule has 0 radical (unpaired) electrons. The molecule has 0 aromatic heterocycles. The lowest BCUT2D eigenvalue weighted by atomic mass is 10.2. The van der Waals surface area contributed by atoms with Crippen LogP contribution in [0.4, 0.5) is 11.4 Å².